The molecule has 6 heteroatoms. The van der Waals surface area contributed by atoms with Gasteiger partial charge < -0.3 is 5.11 Å². The lowest BCUT2D eigenvalue weighted by atomic mass is 9.97. The highest BCUT2D eigenvalue weighted by Crippen LogP contribution is 2.25. The van der Waals surface area contributed by atoms with E-state index >= 15 is 0 Å². The van der Waals surface area contributed by atoms with Crippen LogP contribution in [-0.4, -0.2) is 15.5 Å². The first-order valence-corrected chi connectivity index (χ1v) is 6.59. The van der Waals surface area contributed by atoms with Crippen molar-refractivity contribution in [3.05, 3.63) is 62.7 Å². The molecule has 1 heterocycles. The minimum absolute atomic E-state index is 0.0444. The zero-order valence-corrected chi connectivity index (χ0v) is 12.1. The van der Waals surface area contributed by atoms with E-state index in [4.69, 9.17) is 5.26 Å². The Morgan fingerprint density at radius 1 is 1.41 bits per heavy atom. The second-order valence-corrected chi connectivity index (χ2v) is 4.67. The van der Waals surface area contributed by atoms with E-state index in [2.05, 4.69) is 0 Å². The van der Waals surface area contributed by atoms with Crippen LogP contribution in [0, 0.1) is 24.1 Å². The first-order valence-electron chi connectivity index (χ1n) is 6.59. The van der Waals surface area contributed by atoms with Crippen LogP contribution in [-0.2, 0) is 6.54 Å². The summed E-state index contributed by atoms with van der Waals surface area (Å²) in [5.74, 6) is -2.07. The molecule has 1 aromatic heterocycles. The van der Waals surface area contributed by atoms with Gasteiger partial charge in [-0.2, -0.15) is 5.26 Å². The van der Waals surface area contributed by atoms with E-state index in [1.54, 1.807) is 13.0 Å². The van der Waals surface area contributed by atoms with E-state index in [1.165, 1.54) is 25.1 Å². The summed E-state index contributed by atoms with van der Waals surface area (Å²) < 4.78 is 14.7. The Morgan fingerprint density at radius 3 is 2.59 bits per heavy atom. The molecule has 0 spiro atoms. The van der Waals surface area contributed by atoms with Gasteiger partial charge in [-0.3, -0.25) is 14.2 Å². The van der Waals surface area contributed by atoms with Gasteiger partial charge in [0.15, 0.2) is 0 Å². The second-order valence-electron chi connectivity index (χ2n) is 4.67. The Kier molecular flexibility index (Phi) is 4.08. The van der Waals surface area contributed by atoms with Crippen LogP contribution in [0.25, 0.3) is 0 Å². The molecule has 2 aromatic rings. The van der Waals surface area contributed by atoms with Crippen LogP contribution in [0.15, 0.2) is 29.1 Å². The smallest absolute Gasteiger partial charge is 0.271 e. The fraction of sp³-hybridized carbons (Fsp3) is 0.188. The molecule has 0 saturated carbocycles. The topological polar surface area (TPSA) is 83.1 Å². The zero-order chi connectivity index (χ0) is 16.4. The van der Waals surface area contributed by atoms with Crippen molar-refractivity contribution in [1.29, 1.82) is 5.26 Å². The van der Waals surface area contributed by atoms with Crippen LogP contribution in [0.2, 0.25) is 0 Å². The molecule has 112 valence electrons. The van der Waals surface area contributed by atoms with Crippen molar-refractivity contribution in [2.45, 2.75) is 20.4 Å². The van der Waals surface area contributed by atoms with Gasteiger partial charge in [0.25, 0.3) is 5.56 Å². The highest BCUT2D eigenvalue weighted by atomic mass is 19.1. The maximum absolute atomic E-state index is 13.8. The maximum atomic E-state index is 13.8. The quantitative estimate of drug-likeness (QED) is 0.880. The third-order valence-corrected chi connectivity index (χ3v) is 3.46. The van der Waals surface area contributed by atoms with Crippen molar-refractivity contribution in [3.63, 3.8) is 0 Å². The number of rotatable bonds is 3. The number of pyridine rings is 1. The summed E-state index contributed by atoms with van der Waals surface area (Å²) in [5, 5.41) is 19.3. The Labute approximate surface area is 125 Å². The summed E-state index contributed by atoms with van der Waals surface area (Å²) in [6, 6.07) is 7.07. The third-order valence-electron chi connectivity index (χ3n) is 3.46. The maximum Gasteiger partial charge on any atom is 0.271 e. The Morgan fingerprint density at radius 2 is 2.05 bits per heavy atom. The van der Waals surface area contributed by atoms with E-state index < -0.39 is 23.0 Å². The van der Waals surface area contributed by atoms with Crippen LogP contribution in [0.3, 0.4) is 0 Å². The summed E-state index contributed by atoms with van der Waals surface area (Å²) >= 11 is 0. The molecule has 0 saturated heterocycles. The highest BCUT2D eigenvalue weighted by molar-refractivity contribution is 6.11. The molecule has 0 amide bonds. The predicted molar refractivity (Wildman–Crippen MR) is 77.3 cm³/mol. The molecular weight excluding hydrogens is 287 g/mol. The molecule has 1 aromatic carbocycles. The predicted octanol–water partition coefficient (Wildman–Crippen LogP) is 2.12. The minimum Gasteiger partial charge on any atom is -0.494 e. The lowest BCUT2D eigenvalue weighted by Gasteiger charge is -2.14. The van der Waals surface area contributed by atoms with Crippen LogP contribution in [0.1, 0.15) is 34.0 Å². The number of aromatic hydroxyl groups is 1. The average Bonchev–Trinajstić information content (AvgIpc) is 2.48. The average molecular weight is 300 g/mol. The molecule has 0 unspecified atom stereocenters. The third kappa shape index (κ3) is 2.27. The van der Waals surface area contributed by atoms with Crippen LogP contribution < -0.4 is 5.56 Å². The van der Waals surface area contributed by atoms with Gasteiger partial charge in [0, 0.05) is 6.54 Å². The largest absolute Gasteiger partial charge is 0.494 e. The van der Waals surface area contributed by atoms with Gasteiger partial charge in [0.1, 0.15) is 17.4 Å². The number of ketones is 1. The molecule has 0 fully saturated rings. The number of hydrogen-bond donors (Lipinski definition) is 1. The summed E-state index contributed by atoms with van der Waals surface area (Å²) in [6.07, 6.45) is 0. The second kappa shape index (κ2) is 5.82. The van der Waals surface area contributed by atoms with Crippen molar-refractivity contribution in [2.75, 3.05) is 0 Å². The van der Waals surface area contributed by atoms with Crippen molar-refractivity contribution >= 4 is 5.78 Å². The molecule has 5 nitrogen and oxygen atoms in total. The fourth-order valence-electron chi connectivity index (χ4n) is 2.30. The van der Waals surface area contributed by atoms with Crippen molar-refractivity contribution in [2.24, 2.45) is 0 Å². The minimum atomic E-state index is -0.771. The van der Waals surface area contributed by atoms with Gasteiger partial charge in [-0.15, -0.1) is 0 Å². The number of halogens is 1. The van der Waals surface area contributed by atoms with Crippen molar-refractivity contribution in [1.82, 2.24) is 4.57 Å². The van der Waals surface area contributed by atoms with Gasteiger partial charge >= 0.3 is 0 Å². The van der Waals surface area contributed by atoms with Crippen LogP contribution >= 0.6 is 0 Å². The van der Waals surface area contributed by atoms with Crippen molar-refractivity contribution < 1.29 is 14.3 Å². The number of aromatic nitrogens is 1. The lowest BCUT2D eigenvalue weighted by molar-refractivity contribution is 0.103. The van der Waals surface area contributed by atoms with E-state index in [-0.39, 0.29) is 28.8 Å². The Balaban J connectivity index is 2.82. The summed E-state index contributed by atoms with van der Waals surface area (Å²) in [5.41, 5.74) is -1.33. The van der Waals surface area contributed by atoms with Gasteiger partial charge in [-0.05, 0) is 31.5 Å². The normalized spacial score (nSPS) is 10.3. The lowest BCUT2D eigenvalue weighted by Crippen LogP contribution is -2.26. The highest BCUT2D eigenvalue weighted by Gasteiger charge is 2.25. The summed E-state index contributed by atoms with van der Waals surface area (Å²) in [7, 11) is 0. The Bertz CT molecular complexity index is 863. The molecule has 1 N–H and O–H groups in total. The molecule has 2 rings (SSSR count). The number of nitrogens with zero attached hydrogens (tertiary/aromatic N) is 2. The molecule has 0 aliphatic rings. The summed E-state index contributed by atoms with van der Waals surface area (Å²) in [4.78, 5) is 24.6. The summed E-state index contributed by atoms with van der Waals surface area (Å²) in [6.45, 7) is 3.06. The van der Waals surface area contributed by atoms with Gasteiger partial charge in [-0.1, -0.05) is 12.1 Å². The number of hydrogen-bond acceptors (Lipinski definition) is 4. The zero-order valence-electron chi connectivity index (χ0n) is 12.1. The molecule has 0 aliphatic heterocycles. The molecule has 0 aliphatic carbocycles. The van der Waals surface area contributed by atoms with Crippen LogP contribution in [0.4, 0.5) is 4.39 Å². The number of carbonyl (C=O) groups is 1. The first-order chi connectivity index (χ1) is 10.4. The number of carbonyl (C=O) groups excluding carboxylic acids is 1. The van der Waals surface area contributed by atoms with E-state index in [9.17, 15) is 19.1 Å². The van der Waals surface area contributed by atoms with Crippen LogP contribution in [0.5, 0.6) is 5.88 Å². The van der Waals surface area contributed by atoms with E-state index in [0.717, 1.165) is 10.6 Å². The molecule has 0 radical (unpaired) electrons. The van der Waals surface area contributed by atoms with Crippen molar-refractivity contribution in [3.8, 4) is 11.9 Å². The molecule has 0 atom stereocenters. The molecule has 0 bridgehead atoms. The van der Waals surface area contributed by atoms with Gasteiger partial charge in [0.2, 0.25) is 11.7 Å². The standard InChI is InChI=1S/C16H13FN2O3/c1-3-19-15(21)11(8-18)9(2)13(16(19)22)14(20)10-6-4-5-7-12(10)17/h4-7,22H,3H2,1-2H3. The SMILES string of the molecule is CCn1c(O)c(C(=O)c2ccccc2F)c(C)c(C#N)c1=O. The molecule has 22 heavy (non-hydrogen) atoms. The van der Waals surface area contributed by atoms with Gasteiger partial charge in [-0.25, -0.2) is 4.39 Å². The van der Waals surface area contributed by atoms with E-state index in [1.807, 2.05) is 0 Å². The fourth-order valence-corrected chi connectivity index (χ4v) is 2.30. The Hall–Kier alpha value is -2.94. The first kappa shape index (κ1) is 15.4. The number of nitriles is 1. The number of benzene rings is 1. The van der Waals surface area contributed by atoms with Gasteiger partial charge in [0.05, 0.1) is 11.1 Å². The van der Waals surface area contributed by atoms with E-state index in [0.29, 0.717) is 0 Å². The molecular formula is C16H13FN2O3. The monoisotopic (exact) mass is 300 g/mol.